The number of rotatable bonds is 3. The Morgan fingerprint density at radius 2 is 2.47 bits per heavy atom. The van der Waals surface area contributed by atoms with Gasteiger partial charge in [0.05, 0.1) is 4.88 Å². The molecule has 0 spiro atoms. The molecule has 0 atom stereocenters. The molecule has 17 heavy (non-hydrogen) atoms. The van der Waals surface area contributed by atoms with Gasteiger partial charge in [0.15, 0.2) is 5.16 Å². The Morgan fingerprint density at radius 3 is 3.06 bits per heavy atom. The summed E-state index contributed by atoms with van der Waals surface area (Å²) in [6.07, 6.45) is 0. The van der Waals surface area contributed by atoms with Crippen LogP contribution in [0.25, 0.3) is 10.6 Å². The van der Waals surface area contributed by atoms with Gasteiger partial charge in [0.1, 0.15) is 17.3 Å². The van der Waals surface area contributed by atoms with E-state index in [9.17, 15) is 4.79 Å². The van der Waals surface area contributed by atoms with Gasteiger partial charge in [-0.3, -0.25) is 4.79 Å². The lowest BCUT2D eigenvalue weighted by Crippen LogP contribution is -2.14. The highest BCUT2D eigenvalue weighted by atomic mass is 32.2. The molecule has 2 aromatic rings. The lowest BCUT2D eigenvalue weighted by Gasteiger charge is -2.03. The molecule has 0 bridgehead atoms. The van der Waals surface area contributed by atoms with Crippen molar-refractivity contribution in [1.29, 1.82) is 5.26 Å². The second-order valence-corrected chi connectivity index (χ2v) is 5.32. The molecular formula is C11H9N3OS2. The Morgan fingerprint density at radius 1 is 1.65 bits per heavy atom. The van der Waals surface area contributed by atoms with Gasteiger partial charge >= 0.3 is 0 Å². The van der Waals surface area contributed by atoms with Gasteiger partial charge in [0.25, 0.3) is 5.56 Å². The van der Waals surface area contributed by atoms with Crippen LogP contribution in [0.15, 0.2) is 27.5 Å². The van der Waals surface area contributed by atoms with Crippen LogP contribution < -0.4 is 5.56 Å². The summed E-state index contributed by atoms with van der Waals surface area (Å²) in [6.45, 7) is 1.98. The Hall–Kier alpha value is -1.58. The predicted octanol–water partition coefficient (Wildman–Crippen LogP) is 2.48. The molecule has 0 radical (unpaired) electrons. The maximum absolute atomic E-state index is 11.7. The zero-order valence-electron chi connectivity index (χ0n) is 9.06. The maximum Gasteiger partial charge on any atom is 0.270 e. The lowest BCUT2D eigenvalue weighted by molar-refractivity contribution is 0.937. The third kappa shape index (κ3) is 2.40. The summed E-state index contributed by atoms with van der Waals surface area (Å²) < 4.78 is 0. The SMILES string of the molecule is CCSc1nc(-c2cccs2)c(C#N)c(=O)[nH]1. The minimum atomic E-state index is -0.373. The molecule has 2 rings (SSSR count). The largest absolute Gasteiger partial charge is 0.300 e. The van der Waals surface area contributed by atoms with Crippen LogP contribution in [0.4, 0.5) is 0 Å². The van der Waals surface area contributed by atoms with Gasteiger partial charge in [0.2, 0.25) is 0 Å². The number of nitrogens with zero attached hydrogens (tertiary/aromatic N) is 2. The number of H-pyrrole nitrogens is 1. The number of thiophene rings is 1. The van der Waals surface area contributed by atoms with Gasteiger partial charge in [-0.05, 0) is 17.2 Å². The zero-order chi connectivity index (χ0) is 12.3. The molecule has 0 aliphatic carbocycles. The van der Waals surface area contributed by atoms with Crippen LogP contribution in [0.1, 0.15) is 12.5 Å². The van der Waals surface area contributed by atoms with E-state index in [4.69, 9.17) is 5.26 Å². The Bertz CT molecular complexity index is 611. The van der Waals surface area contributed by atoms with Crippen molar-refractivity contribution >= 4 is 23.1 Å². The second kappa shape index (κ2) is 5.17. The molecule has 0 aliphatic rings. The molecule has 0 saturated heterocycles. The highest BCUT2D eigenvalue weighted by Gasteiger charge is 2.13. The van der Waals surface area contributed by atoms with Gasteiger partial charge in [-0.2, -0.15) is 5.26 Å². The molecule has 0 aromatic carbocycles. The van der Waals surface area contributed by atoms with Gasteiger partial charge in [0, 0.05) is 0 Å². The minimum absolute atomic E-state index is 0.0768. The summed E-state index contributed by atoms with van der Waals surface area (Å²) >= 11 is 2.91. The molecule has 1 N–H and O–H groups in total. The van der Waals surface area contributed by atoms with E-state index in [0.717, 1.165) is 10.6 Å². The lowest BCUT2D eigenvalue weighted by atomic mass is 10.2. The van der Waals surface area contributed by atoms with Gasteiger partial charge in [-0.15, -0.1) is 11.3 Å². The standard InChI is InChI=1S/C11H9N3OS2/c1-2-16-11-13-9(8-4-3-5-17-8)7(6-12)10(15)14-11/h3-5H,2H2,1H3,(H,13,14,15). The molecule has 0 saturated carbocycles. The van der Waals surface area contributed by atoms with E-state index >= 15 is 0 Å². The average molecular weight is 263 g/mol. The fourth-order valence-corrected chi connectivity index (χ4v) is 2.67. The summed E-state index contributed by atoms with van der Waals surface area (Å²) in [5, 5.41) is 11.5. The van der Waals surface area contributed by atoms with E-state index in [1.54, 1.807) is 0 Å². The third-order valence-corrected chi connectivity index (χ3v) is 3.68. The van der Waals surface area contributed by atoms with Crippen LogP contribution in [0.5, 0.6) is 0 Å². The molecule has 6 heteroatoms. The first-order chi connectivity index (χ1) is 8.26. The monoisotopic (exact) mass is 263 g/mol. The normalized spacial score (nSPS) is 10.1. The Labute approximate surface area is 106 Å². The van der Waals surface area contributed by atoms with Gasteiger partial charge in [-0.25, -0.2) is 4.98 Å². The van der Waals surface area contributed by atoms with Gasteiger partial charge in [-0.1, -0.05) is 24.8 Å². The molecule has 86 valence electrons. The van der Waals surface area contributed by atoms with E-state index in [1.807, 2.05) is 30.5 Å². The number of hydrogen-bond acceptors (Lipinski definition) is 5. The average Bonchev–Trinajstić information content (AvgIpc) is 2.82. The molecule has 0 amide bonds. The number of aromatic nitrogens is 2. The van der Waals surface area contributed by atoms with E-state index in [-0.39, 0.29) is 11.1 Å². The van der Waals surface area contributed by atoms with Crippen LogP contribution in [-0.4, -0.2) is 15.7 Å². The van der Waals surface area contributed by atoms with Crippen molar-refractivity contribution in [3.63, 3.8) is 0 Å². The summed E-state index contributed by atoms with van der Waals surface area (Å²) in [7, 11) is 0. The number of nitrogens with one attached hydrogen (secondary N) is 1. The van der Waals surface area contributed by atoms with E-state index in [2.05, 4.69) is 9.97 Å². The quantitative estimate of drug-likeness (QED) is 0.682. The summed E-state index contributed by atoms with van der Waals surface area (Å²) in [5.41, 5.74) is 0.178. The topological polar surface area (TPSA) is 69.5 Å². The molecule has 4 nitrogen and oxygen atoms in total. The number of hydrogen-bond donors (Lipinski definition) is 1. The molecule has 0 aliphatic heterocycles. The van der Waals surface area contributed by atoms with Crippen molar-refractivity contribution < 1.29 is 0 Å². The number of thioether (sulfide) groups is 1. The fourth-order valence-electron chi connectivity index (χ4n) is 1.35. The predicted molar refractivity (Wildman–Crippen MR) is 69.3 cm³/mol. The highest BCUT2D eigenvalue weighted by molar-refractivity contribution is 7.99. The van der Waals surface area contributed by atoms with Crippen LogP contribution in [0.3, 0.4) is 0 Å². The summed E-state index contributed by atoms with van der Waals surface area (Å²) in [4.78, 5) is 19.5. The smallest absolute Gasteiger partial charge is 0.270 e. The second-order valence-electron chi connectivity index (χ2n) is 3.12. The van der Waals surface area contributed by atoms with Crippen LogP contribution in [0, 0.1) is 11.3 Å². The first-order valence-corrected chi connectivity index (χ1v) is 6.84. The van der Waals surface area contributed by atoms with E-state index < -0.39 is 0 Å². The minimum Gasteiger partial charge on any atom is -0.300 e. The van der Waals surface area contributed by atoms with Crippen LogP contribution in [0.2, 0.25) is 0 Å². The van der Waals surface area contributed by atoms with Crippen molar-refractivity contribution in [1.82, 2.24) is 9.97 Å². The van der Waals surface area contributed by atoms with Crippen molar-refractivity contribution in [3.05, 3.63) is 33.4 Å². The highest BCUT2D eigenvalue weighted by Crippen LogP contribution is 2.25. The summed E-state index contributed by atoms with van der Waals surface area (Å²) in [5.74, 6) is 0.818. The molecule has 2 heterocycles. The first kappa shape index (κ1) is 11.9. The molecule has 2 aromatic heterocycles. The Balaban J connectivity index is 2.64. The number of nitriles is 1. The molecule has 0 fully saturated rings. The third-order valence-electron chi connectivity index (χ3n) is 2.05. The molecular weight excluding hydrogens is 254 g/mol. The van der Waals surface area contributed by atoms with E-state index in [1.165, 1.54) is 23.1 Å². The Kier molecular flexibility index (Phi) is 3.61. The summed E-state index contributed by atoms with van der Waals surface area (Å²) in [6, 6.07) is 5.64. The molecule has 0 unspecified atom stereocenters. The van der Waals surface area contributed by atoms with Crippen LogP contribution >= 0.6 is 23.1 Å². The van der Waals surface area contributed by atoms with Crippen molar-refractivity contribution in [3.8, 4) is 16.6 Å². The maximum atomic E-state index is 11.7. The van der Waals surface area contributed by atoms with Crippen LogP contribution in [-0.2, 0) is 0 Å². The van der Waals surface area contributed by atoms with Crippen molar-refractivity contribution in [2.24, 2.45) is 0 Å². The number of aromatic amines is 1. The zero-order valence-corrected chi connectivity index (χ0v) is 10.7. The van der Waals surface area contributed by atoms with E-state index in [0.29, 0.717) is 10.9 Å². The van der Waals surface area contributed by atoms with Crippen molar-refractivity contribution in [2.75, 3.05) is 5.75 Å². The first-order valence-electron chi connectivity index (χ1n) is 4.97. The van der Waals surface area contributed by atoms with Gasteiger partial charge < -0.3 is 4.98 Å². The fraction of sp³-hybridized carbons (Fsp3) is 0.182. The van der Waals surface area contributed by atoms with Crippen molar-refractivity contribution in [2.45, 2.75) is 12.1 Å².